The number of alkyl halides is 2. The van der Waals surface area contributed by atoms with Gasteiger partial charge in [0.15, 0.2) is 5.96 Å². The molecule has 0 aliphatic heterocycles. The number of nitrogens with one attached hydrogen (secondary N) is 1. The number of hydrogen-bond donors (Lipinski definition) is 1. The Morgan fingerprint density at radius 2 is 2.00 bits per heavy atom. The first-order chi connectivity index (χ1) is 10.1. The van der Waals surface area contributed by atoms with E-state index in [-0.39, 0.29) is 29.7 Å². The molecule has 0 aromatic heterocycles. The average Bonchev–Trinajstić information content (AvgIpc) is 2.39. The summed E-state index contributed by atoms with van der Waals surface area (Å²) in [7, 11) is 3.72. The lowest BCUT2D eigenvalue weighted by atomic mass is 9.93. The lowest BCUT2D eigenvalue weighted by molar-refractivity contribution is -0.0498. The minimum absolute atomic E-state index is 0. The fourth-order valence-electron chi connectivity index (χ4n) is 2.21. The predicted molar refractivity (Wildman–Crippen MR) is 94.1 cm³/mol. The number of ether oxygens (including phenoxy) is 1. The van der Waals surface area contributed by atoms with Crippen LogP contribution in [0.15, 0.2) is 29.3 Å². The third-order valence-electron chi connectivity index (χ3n) is 3.58. The van der Waals surface area contributed by atoms with E-state index in [1.165, 1.54) is 19.3 Å². The smallest absolute Gasteiger partial charge is 0.387 e. The van der Waals surface area contributed by atoms with Crippen LogP contribution in [0, 0.1) is 0 Å². The van der Waals surface area contributed by atoms with Crippen LogP contribution < -0.4 is 10.1 Å². The topological polar surface area (TPSA) is 36.9 Å². The van der Waals surface area contributed by atoms with E-state index in [1.54, 1.807) is 31.3 Å². The van der Waals surface area contributed by atoms with Crippen molar-refractivity contribution in [2.75, 3.05) is 14.1 Å². The Labute approximate surface area is 147 Å². The molecule has 0 heterocycles. The van der Waals surface area contributed by atoms with Gasteiger partial charge in [-0.15, -0.1) is 24.0 Å². The molecule has 0 amide bonds. The third kappa shape index (κ3) is 5.58. The summed E-state index contributed by atoms with van der Waals surface area (Å²) in [6.07, 6.45) is 3.64. The summed E-state index contributed by atoms with van der Waals surface area (Å²) < 4.78 is 28.5. The van der Waals surface area contributed by atoms with Gasteiger partial charge in [0.1, 0.15) is 5.75 Å². The standard InChI is InChI=1S/C15H21F2N3O.HI/c1-18-15(19-12-4-3-5-12)20(2)10-11-6-8-13(9-7-11)21-14(16)17;/h6-9,12,14H,3-5,10H2,1-2H3,(H,18,19);1H. The Balaban J connectivity index is 0.00000242. The van der Waals surface area contributed by atoms with Gasteiger partial charge in [-0.25, -0.2) is 0 Å². The first-order valence-electron chi connectivity index (χ1n) is 7.06. The van der Waals surface area contributed by atoms with Crippen molar-refractivity contribution in [2.45, 2.75) is 38.5 Å². The molecule has 22 heavy (non-hydrogen) atoms. The van der Waals surface area contributed by atoms with E-state index >= 15 is 0 Å². The highest BCUT2D eigenvalue weighted by Gasteiger charge is 2.19. The van der Waals surface area contributed by atoms with Crippen molar-refractivity contribution < 1.29 is 13.5 Å². The quantitative estimate of drug-likeness (QED) is 0.446. The largest absolute Gasteiger partial charge is 0.435 e. The molecule has 0 saturated heterocycles. The first-order valence-corrected chi connectivity index (χ1v) is 7.06. The van der Waals surface area contributed by atoms with E-state index in [2.05, 4.69) is 15.0 Å². The van der Waals surface area contributed by atoms with Crippen molar-refractivity contribution in [2.24, 2.45) is 4.99 Å². The van der Waals surface area contributed by atoms with Gasteiger partial charge in [0.25, 0.3) is 0 Å². The Morgan fingerprint density at radius 3 is 2.45 bits per heavy atom. The van der Waals surface area contributed by atoms with Crippen LogP contribution in [0.1, 0.15) is 24.8 Å². The minimum atomic E-state index is -2.79. The molecule has 124 valence electrons. The summed E-state index contributed by atoms with van der Waals surface area (Å²) in [5.74, 6) is 1.03. The molecule has 7 heteroatoms. The molecule has 1 fully saturated rings. The van der Waals surface area contributed by atoms with Crippen LogP contribution in [0.5, 0.6) is 5.75 Å². The predicted octanol–water partition coefficient (Wildman–Crippen LogP) is 3.47. The summed E-state index contributed by atoms with van der Waals surface area (Å²) >= 11 is 0. The summed E-state index contributed by atoms with van der Waals surface area (Å²) in [5.41, 5.74) is 1.01. The third-order valence-corrected chi connectivity index (χ3v) is 3.58. The minimum Gasteiger partial charge on any atom is -0.435 e. The van der Waals surface area contributed by atoms with E-state index in [4.69, 9.17) is 0 Å². The zero-order valence-electron chi connectivity index (χ0n) is 12.8. The van der Waals surface area contributed by atoms with Gasteiger partial charge in [-0.2, -0.15) is 8.78 Å². The molecule has 1 aromatic carbocycles. The molecule has 0 atom stereocenters. The van der Waals surface area contributed by atoms with Crippen molar-refractivity contribution in [3.05, 3.63) is 29.8 Å². The van der Waals surface area contributed by atoms with Gasteiger partial charge in [-0.3, -0.25) is 4.99 Å². The van der Waals surface area contributed by atoms with Gasteiger partial charge in [-0.1, -0.05) is 12.1 Å². The Morgan fingerprint density at radius 1 is 1.36 bits per heavy atom. The van der Waals surface area contributed by atoms with Crippen molar-refractivity contribution in [3.63, 3.8) is 0 Å². The van der Waals surface area contributed by atoms with Crippen LogP contribution in [-0.2, 0) is 6.54 Å². The fraction of sp³-hybridized carbons (Fsp3) is 0.533. The molecule has 1 aliphatic rings. The Bertz CT molecular complexity index is 478. The maximum absolute atomic E-state index is 12.1. The highest BCUT2D eigenvalue weighted by atomic mass is 127. The second-order valence-corrected chi connectivity index (χ2v) is 5.20. The normalized spacial score (nSPS) is 15.0. The molecular formula is C15H22F2IN3O. The van der Waals surface area contributed by atoms with Gasteiger partial charge in [-0.05, 0) is 37.0 Å². The molecule has 4 nitrogen and oxygen atoms in total. The summed E-state index contributed by atoms with van der Waals surface area (Å²) in [5, 5.41) is 3.41. The van der Waals surface area contributed by atoms with Gasteiger partial charge in [0, 0.05) is 26.7 Å². The number of benzene rings is 1. The van der Waals surface area contributed by atoms with Gasteiger partial charge >= 0.3 is 6.61 Å². The van der Waals surface area contributed by atoms with Crippen molar-refractivity contribution in [1.82, 2.24) is 10.2 Å². The van der Waals surface area contributed by atoms with E-state index in [9.17, 15) is 8.78 Å². The van der Waals surface area contributed by atoms with E-state index in [0.717, 1.165) is 11.5 Å². The highest BCUT2D eigenvalue weighted by molar-refractivity contribution is 14.0. The maximum atomic E-state index is 12.1. The second kappa shape index (κ2) is 9.12. The van der Waals surface area contributed by atoms with E-state index in [0.29, 0.717) is 12.6 Å². The van der Waals surface area contributed by atoms with Crippen molar-refractivity contribution >= 4 is 29.9 Å². The number of halogens is 3. The first kappa shape index (κ1) is 18.9. The Kier molecular flexibility index (Phi) is 7.84. The molecule has 0 spiro atoms. The molecule has 2 rings (SSSR count). The van der Waals surface area contributed by atoms with Gasteiger partial charge in [0.2, 0.25) is 0 Å². The molecule has 1 saturated carbocycles. The molecule has 1 aromatic rings. The van der Waals surface area contributed by atoms with Crippen LogP contribution in [0.3, 0.4) is 0 Å². The number of hydrogen-bond acceptors (Lipinski definition) is 2. The Hall–Kier alpha value is -1.12. The van der Waals surface area contributed by atoms with Crippen LogP contribution in [0.2, 0.25) is 0 Å². The van der Waals surface area contributed by atoms with Crippen LogP contribution in [0.25, 0.3) is 0 Å². The average molecular weight is 425 g/mol. The fourth-order valence-corrected chi connectivity index (χ4v) is 2.21. The number of guanidine groups is 1. The summed E-state index contributed by atoms with van der Waals surface area (Å²) in [6.45, 7) is -2.13. The van der Waals surface area contributed by atoms with Crippen molar-refractivity contribution in [3.8, 4) is 5.75 Å². The van der Waals surface area contributed by atoms with Crippen LogP contribution in [-0.4, -0.2) is 37.6 Å². The lowest BCUT2D eigenvalue weighted by Crippen LogP contribution is -2.46. The van der Waals surface area contributed by atoms with Gasteiger partial charge < -0.3 is 15.0 Å². The van der Waals surface area contributed by atoms with Crippen LogP contribution in [0.4, 0.5) is 8.78 Å². The molecule has 1 N–H and O–H groups in total. The highest BCUT2D eigenvalue weighted by Crippen LogP contribution is 2.19. The van der Waals surface area contributed by atoms with Crippen LogP contribution >= 0.6 is 24.0 Å². The number of rotatable bonds is 5. The molecule has 0 unspecified atom stereocenters. The maximum Gasteiger partial charge on any atom is 0.387 e. The SMILES string of the molecule is CN=C(NC1CCC1)N(C)Cc1ccc(OC(F)F)cc1.I. The molecule has 1 aliphatic carbocycles. The zero-order valence-corrected chi connectivity index (χ0v) is 15.1. The number of nitrogens with zero attached hydrogens (tertiary/aromatic N) is 2. The number of aliphatic imine (C=N–C) groups is 1. The summed E-state index contributed by atoms with van der Waals surface area (Å²) in [6, 6.07) is 7.19. The monoisotopic (exact) mass is 425 g/mol. The zero-order chi connectivity index (χ0) is 15.2. The van der Waals surface area contributed by atoms with E-state index < -0.39 is 6.61 Å². The van der Waals surface area contributed by atoms with E-state index in [1.807, 2.05) is 11.9 Å². The molecular weight excluding hydrogens is 403 g/mol. The lowest BCUT2D eigenvalue weighted by Gasteiger charge is -2.31. The van der Waals surface area contributed by atoms with Gasteiger partial charge in [0.05, 0.1) is 0 Å². The summed E-state index contributed by atoms with van der Waals surface area (Å²) in [4.78, 5) is 6.29. The molecule has 0 bridgehead atoms. The van der Waals surface area contributed by atoms with Crippen molar-refractivity contribution in [1.29, 1.82) is 0 Å². The second-order valence-electron chi connectivity index (χ2n) is 5.20. The molecule has 0 radical (unpaired) electrons.